The summed E-state index contributed by atoms with van der Waals surface area (Å²) in [6.07, 6.45) is 1.40. The van der Waals surface area contributed by atoms with Gasteiger partial charge in [0, 0.05) is 5.56 Å². The van der Waals surface area contributed by atoms with E-state index < -0.39 is 0 Å². The molecule has 2 aromatic rings. The highest BCUT2D eigenvalue weighted by Gasteiger charge is 2.05. The summed E-state index contributed by atoms with van der Waals surface area (Å²) in [5, 5.41) is 8.01. The lowest BCUT2D eigenvalue weighted by Crippen LogP contribution is -1.93. The largest absolute Gasteiger partial charge is 0.496 e. The Hall–Kier alpha value is -1.68. The van der Waals surface area contributed by atoms with Crippen LogP contribution in [0, 0.1) is 6.92 Å². The van der Waals surface area contributed by atoms with E-state index in [-0.39, 0.29) is 0 Å². The monoisotopic (exact) mass is 235 g/mol. The van der Waals surface area contributed by atoms with Gasteiger partial charge in [0.1, 0.15) is 5.75 Å². The lowest BCUT2D eigenvalue weighted by atomic mass is 10.1. The minimum atomic E-state index is 0.332. The molecule has 0 radical (unpaired) electrons. The molecule has 5 heteroatoms. The number of hydrogen-bond acceptors (Lipinski definition) is 4. The van der Waals surface area contributed by atoms with E-state index in [1.807, 2.05) is 25.1 Å². The highest BCUT2D eigenvalue weighted by Crippen LogP contribution is 2.23. The number of benzene rings is 1. The second-order valence-corrected chi connectivity index (χ2v) is 3.67. The molecule has 1 aromatic heterocycles. The SMILES string of the molecule is COc1ccc(-c2nncc(Cl)n2)cc1C. The lowest BCUT2D eigenvalue weighted by Gasteiger charge is -2.06. The van der Waals surface area contributed by atoms with E-state index in [0.29, 0.717) is 11.0 Å². The van der Waals surface area contributed by atoms with Crippen molar-refractivity contribution in [2.45, 2.75) is 6.92 Å². The Morgan fingerprint density at radius 3 is 2.75 bits per heavy atom. The van der Waals surface area contributed by atoms with Crippen molar-refractivity contribution < 1.29 is 4.74 Å². The van der Waals surface area contributed by atoms with Gasteiger partial charge >= 0.3 is 0 Å². The molecule has 4 nitrogen and oxygen atoms in total. The Bertz CT molecular complexity index is 516. The van der Waals surface area contributed by atoms with Crippen molar-refractivity contribution in [3.05, 3.63) is 35.1 Å². The van der Waals surface area contributed by atoms with Crippen LogP contribution in [0.15, 0.2) is 24.4 Å². The molecule has 0 spiro atoms. The number of nitrogens with zero attached hydrogens (tertiary/aromatic N) is 3. The molecule has 0 atom stereocenters. The predicted molar refractivity (Wildman–Crippen MR) is 61.6 cm³/mol. The molecule has 1 aromatic carbocycles. The zero-order chi connectivity index (χ0) is 11.5. The van der Waals surface area contributed by atoms with E-state index in [9.17, 15) is 0 Å². The Morgan fingerprint density at radius 1 is 1.31 bits per heavy atom. The van der Waals surface area contributed by atoms with E-state index in [1.165, 1.54) is 6.20 Å². The molecule has 0 unspecified atom stereocenters. The maximum Gasteiger partial charge on any atom is 0.183 e. The van der Waals surface area contributed by atoms with Crippen LogP contribution in [-0.2, 0) is 0 Å². The van der Waals surface area contributed by atoms with Crippen LogP contribution in [0.2, 0.25) is 5.15 Å². The summed E-state index contributed by atoms with van der Waals surface area (Å²) in [4.78, 5) is 4.09. The molecule has 0 aliphatic carbocycles. The standard InChI is InChI=1S/C11H10ClN3O/c1-7-5-8(3-4-9(7)16-2)11-14-10(12)6-13-15-11/h3-6H,1-2H3. The maximum atomic E-state index is 5.75. The summed E-state index contributed by atoms with van der Waals surface area (Å²) in [5.74, 6) is 1.34. The lowest BCUT2D eigenvalue weighted by molar-refractivity contribution is 0.412. The molecule has 16 heavy (non-hydrogen) atoms. The third-order valence-electron chi connectivity index (χ3n) is 2.18. The predicted octanol–water partition coefficient (Wildman–Crippen LogP) is 2.51. The molecule has 2 rings (SSSR count). The fourth-order valence-corrected chi connectivity index (χ4v) is 1.55. The van der Waals surface area contributed by atoms with E-state index in [0.717, 1.165) is 16.9 Å². The average molecular weight is 236 g/mol. The zero-order valence-electron chi connectivity index (χ0n) is 8.94. The Labute approximate surface area is 98.3 Å². The van der Waals surface area contributed by atoms with Gasteiger partial charge in [0.05, 0.1) is 13.3 Å². The summed E-state index contributed by atoms with van der Waals surface area (Å²) < 4.78 is 5.18. The van der Waals surface area contributed by atoms with E-state index in [1.54, 1.807) is 7.11 Å². The topological polar surface area (TPSA) is 47.9 Å². The van der Waals surface area contributed by atoms with Crippen LogP contribution in [0.25, 0.3) is 11.4 Å². The van der Waals surface area contributed by atoms with Crippen LogP contribution in [0.5, 0.6) is 5.75 Å². The van der Waals surface area contributed by atoms with Gasteiger partial charge in [-0.1, -0.05) is 11.6 Å². The average Bonchev–Trinajstić information content (AvgIpc) is 2.29. The number of halogens is 1. The fourth-order valence-electron chi connectivity index (χ4n) is 1.42. The zero-order valence-corrected chi connectivity index (χ0v) is 9.69. The summed E-state index contributed by atoms with van der Waals surface area (Å²) in [5.41, 5.74) is 1.89. The van der Waals surface area contributed by atoms with Gasteiger partial charge in [-0.2, -0.15) is 5.10 Å². The van der Waals surface area contributed by atoms with Crippen LogP contribution >= 0.6 is 11.6 Å². The third-order valence-corrected chi connectivity index (χ3v) is 2.36. The fraction of sp³-hybridized carbons (Fsp3) is 0.182. The van der Waals surface area contributed by atoms with Gasteiger partial charge in [-0.15, -0.1) is 5.10 Å². The first-order chi connectivity index (χ1) is 7.70. The molecule has 1 heterocycles. The van der Waals surface area contributed by atoms with Crippen molar-refractivity contribution >= 4 is 11.6 Å². The summed E-state index contributed by atoms with van der Waals surface area (Å²) in [7, 11) is 1.64. The first-order valence-electron chi connectivity index (χ1n) is 4.71. The van der Waals surface area contributed by atoms with E-state index in [4.69, 9.17) is 16.3 Å². The first kappa shape index (κ1) is 10.8. The highest BCUT2D eigenvalue weighted by atomic mass is 35.5. The number of aromatic nitrogens is 3. The van der Waals surface area contributed by atoms with Gasteiger partial charge in [0.2, 0.25) is 0 Å². The Kier molecular flexibility index (Phi) is 3.01. The molecule has 0 fully saturated rings. The van der Waals surface area contributed by atoms with Crippen molar-refractivity contribution in [2.75, 3.05) is 7.11 Å². The van der Waals surface area contributed by atoms with Crippen molar-refractivity contribution in [3.8, 4) is 17.1 Å². The van der Waals surface area contributed by atoms with Crippen LogP contribution in [0.1, 0.15) is 5.56 Å². The third kappa shape index (κ3) is 2.12. The molecule has 0 N–H and O–H groups in total. The van der Waals surface area contributed by atoms with Gasteiger partial charge < -0.3 is 4.74 Å². The van der Waals surface area contributed by atoms with Gasteiger partial charge in [0.15, 0.2) is 11.0 Å². The molecule has 0 aliphatic heterocycles. The molecule has 0 aliphatic rings. The molecular formula is C11H10ClN3O. The number of hydrogen-bond donors (Lipinski definition) is 0. The van der Waals surface area contributed by atoms with Gasteiger partial charge in [-0.05, 0) is 30.7 Å². The van der Waals surface area contributed by atoms with Crippen LogP contribution in [0.4, 0.5) is 0 Å². The van der Waals surface area contributed by atoms with Crippen LogP contribution < -0.4 is 4.74 Å². The van der Waals surface area contributed by atoms with Crippen molar-refractivity contribution in [2.24, 2.45) is 0 Å². The normalized spacial score (nSPS) is 10.2. The number of aryl methyl sites for hydroxylation is 1. The molecular weight excluding hydrogens is 226 g/mol. The quantitative estimate of drug-likeness (QED) is 0.803. The number of methoxy groups -OCH3 is 1. The minimum Gasteiger partial charge on any atom is -0.496 e. The molecule has 0 amide bonds. The molecule has 0 bridgehead atoms. The number of ether oxygens (including phenoxy) is 1. The van der Waals surface area contributed by atoms with Crippen LogP contribution in [0.3, 0.4) is 0 Å². The highest BCUT2D eigenvalue weighted by molar-refractivity contribution is 6.29. The Morgan fingerprint density at radius 2 is 2.12 bits per heavy atom. The summed E-state index contributed by atoms with van der Waals surface area (Å²) in [6, 6.07) is 5.68. The Balaban J connectivity index is 2.45. The van der Waals surface area contributed by atoms with Gasteiger partial charge in [0.25, 0.3) is 0 Å². The second-order valence-electron chi connectivity index (χ2n) is 3.29. The first-order valence-corrected chi connectivity index (χ1v) is 5.09. The van der Waals surface area contributed by atoms with Crippen molar-refractivity contribution in [3.63, 3.8) is 0 Å². The second kappa shape index (κ2) is 4.45. The van der Waals surface area contributed by atoms with E-state index in [2.05, 4.69) is 15.2 Å². The molecule has 0 saturated heterocycles. The molecule has 0 saturated carbocycles. The van der Waals surface area contributed by atoms with Gasteiger partial charge in [-0.3, -0.25) is 0 Å². The maximum absolute atomic E-state index is 5.75. The smallest absolute Gasteiger partial charge is 0.183 e. The van der Waals surface area contributed by atoms with Crippen LogP contribution in [-0.4, -0.2) is 22.3 Å². The minimum absolute atomic E-state index is 0.332. The van der Waals surface area contributed by atoms with Crippen molar-refractivity contribution in [1.29, 1.82) is 0 Å². The summed E-state index contributed by atoms with van der Waals surface area (Å²) in [6.45, 7) is 1.96. The van der Waals surface area contributed by atoms with Crippen molar-refractivity contribution in [1.82, 2.24) is 15.2 Å². The summed E-state index contributed by atoms with van der Waals surface area (Å²) >= 11 is 5.75. The van der Waals surface area contributed by atoms with E-state index >= 15 is 0 Å². The van der Waals surface area contributed by atoms with Gasteiger partial charge in [-0.25, -0.2) is 4.98 Å². The number of rotatable bonds is 2. The molecule has 82 valence electrons.